The molecule has 3 heteroatoms. The van der Waals surface area contributed by atoms with Crippen molar-refractivity contribution < 1.29 is 9.52 Å². The molecule has 138 valence electrons. The lowest BCUT2D eigenvalue weighted by Crippen LogP contribution is -2.39. The van der Waals surface area contributed by atoms with Crippen molar-refractivity contribution in [1.82, 2.24) is 0 Å². The Balaban J connectivity index is 1.46. The molecule has 0 radical (unpaired) electrons. The predicted molar refractivity (Wildman–Crippen MR) is 113 cm³/mol. The molecule has 0 spiro atoms. The number of rotatable bonds is 8. The van der Waals surface area contributed by atoms with Gasteiger partial charge >= 0.3 is 0 Å². The van der Waals surface area contributed by atoms with Gasteiger partial charge in [-0.25, -0.2) is 0 Å². The van der Waals surface area contributed by atoms with Crippen LogP contribution in [0.15, 0.2) is 59.4 Å². The maximum absolute atomic E-state index is 10.6. The first-order valence-corrected chi connectivity index (χ1v) is 13.2. The number of aliphatic hydroxyl groups is 1. The van der Waals surface area contributed by atoms with E-state index >= 15 is 0 Å². The van der Waals surface area contributed by atoms with Gasteiger partial charge in [0, 0.05) is 5.56 Å². The van der Waals surface area contributed by atoms with Crippen molar-refractivity contribution in [1.29, 1.82) is 0 Å². The van der Waals surface area contributed by atoms with Gasteiger partial charge in [0.2, 0.25) is 0 Å². The van der Waals surface area contributed by atoms with Crippen LogP contribution in [0, 0.1) is 0 Å². The van der Waals surface area contributed by atoms with Crippen LogP contribution in [0.1, 0.15) is 42.9 Å². The molecular formula is C23H30O2Si. The number of hydrogen-bond acceptors (Lipinski definition) is 2. The summed E-state index contributed by atoms with van der Waals surface area (Å²) in [4.78, 5) is 0. The van der Waals surface area contributed by atoms with Crippen LogP contribution in [0.4, 0.5) is 0 Å². The molecule has 1 atom stereocenters. The van der Waals surface area contributed by atoms with Crippen molar-refractivity contribution in [3.05, 3.63) is 66.1 Å². The highest BCUT2D eigenvalue weighted by atomic mass is 28.3. The molecule has 0 aliphatic rings. The van der Waals surface area contributed by atoms with Crippen LogP contribution in [-0.4, -0.2) is 13.2 Å². The minimum absolute atomic E-state index is 0.392. The molecule has 0 saturated heterocycles. The maximum atomic E-state index is 10.6. The third-order valence-corrected chi connectivity index (χ3v) is 7.14. The Kier molecular flexibility index (Phi) is 6.00. The molecule has 26 heavy (non-hydrogen) atoms. The molecule has 0 bridgehead atoms. The minimum Gasteiger partial charge on any atom is -0.472 e. The molecule has 3 aromatic rings. The van der Waals surface area contributed by atoms with Crippen molar-refractivity contribution in [2.45, 2.75) is 57.8 Å². The summed E-state index contributed by atoms with van der Waals surface area (Å²) in [5, 5.41) is 14.4. The van der Waals surface area contributed by atoms with Crippen LogP contribution in [0.25, 0.3) is 10.8 Å². The monoisotopic (exact) mass is 366 g/mol. The van der Waals surface area contributed by atoms with Gasteiger partial charge in [0.15, 0.2) is 0 Å². The highest BCUT2D eigenvalue weighted by Crippen LogP contribution is 2.22. The second-order valence-corrected chi connectivity index (χ2v) is 13.3. The topological polar surface area (TPSA) is 33.4 Å². The molecule has 0 saturated carbocycles. The van der Waals surface area contributed by atoms with E-state index in [0.29, 0.717) is 0 Å². The molecule has 1 heterocycles. The summed E-state index contributed by atoms with van der Waals surface area (Å²) < 4.78 is 5.39. The second kappa shape index (κ2) is 8.23. The maximum Gasteiger partial charge on any atom is 0.0959 e. The smallest absolute Gasteiger partial charge is 0.0959 e. The number of fused-ring (bicyclic) bond motifs is 1. The van der Waals surface area contributed by atoms with E-state index in [-0.39, 0.29) is 0 Å². The Bertz CT molecular complexity index is 845. The van der Waals surface area contributed by atoms with E-state index in [1.807, 2.05) is 6.26 Å². The van der Waals surface area contributed by atoms with Gasteiger partial charge in [-0.05, 0) is 40.8 Å². The highest BCUT2D eigenvalue weighted by Gasteiger charge is 2.25. The Morgan fingerprint density at radius 3 is 2.46 bits per heavy atom. The van der Waals surface area contributed by atoms with Gasteiger partial charge in [-0.2, -0.15) is 0 Å². The van der Waals surface area contributed by atoms with Crippen molar-refractivity contribution >= 4 is 24.0 Å². The number of unbranched alkanes of at least 4 members (excludes halogenated alkanes) is 2. The van der Waals surface area contributed by atoms with Gasteiger partial charge in [0.25, 0.3) is 0 Å². The molecule has 1 aromatic heterocycles. The fourth-order valence-corrected chi connectivity index (χ4v) is 5.08. The van der Waals surface area contributed by atoms with Crippen molar-refractivity contribution in [3.8, 4) is 0 Å². The van der Waals surface area contributed by atoms with E-state index in [1.54, 1.807) is 6.26 Å². The quantitative estimate of drug-likeness (QED) is 0.403. The van der Waals surface area contributed by atoms with Crippen LogP contribution in [-0.2, 0) is 6.42 Å². The van der Waals surface area contributed by atoms with Gasteiger partial charge in [0.1, 0.15) is 0 Å². The minimum atomic E-state index is -1.46. The van der Waals surface area contributed by atoms with Crippen LogP contribution in [0.3, 0.4) is 0 Å². The third-order valence-electron chi connectivity index (χ3n) is 5.12. The molecule has 2 nitrogen and oxygen atoms in total. The zero-order chi connectivity index (χ0) is 18.6. The zero-order valence-corrected chi connectivity index (χ0v) is 17.2. The van der Waals surface area contributed by atoms with Gasteiger partial charge in [-0.1, -0.05) is 74.9 Å². The van der Waals surface area contributed by atoms with Gasteiger partial charge in [-0.15, -0.1) is 0 Å². The Labute approximate surface area is 157 Å². The van der Waals surface area contributed by atoms with E-state index in [9.17, 15) is 5.11 Å². The van der Waals surface area contributed by atoms with Crippen LogP contribution < -0.4 is 5.19 Å². The van der Waals surface area contributed by atoms with Gasteiger partial charge in [-0.3, -0.25) is 0 Å². The molecule has 2 aromatic carbocycles. The first kappa shape index (κ1) is 18.9. The molecule has 0 fully saturated rings. The average molecular weight is 367 g/mol. The normalized spacial score (nSPS) is 13.2. The third kappa shape index (κ3) is 4.66. The Morgan fingerprint density at radius 2 is 1.69 bits per heavy atom. The molecular weight excluding hydrogens is 336 g/mol. The first-order valence-electron chi connectivity index (χ1n) is 9.67. The largest absolute Gasteiger partial charge is 0.472 e. The molecule has 0 amide bonds. The van der Waals surface area contributed by atoms with Crippen molar-refractivity contribution in [2.75, 3.05) is 0 Å². The Morgan fingerprint density at radius 1 is 0.923 bits per heavy atom. The summed E-state index contributed by atoms with van der Waals surface area (Å²) in [5.74, 6) is 0. The zero-order valence-electron chi connectivity index (χ0n) is 16.2. The summed E-state index contributed by atoms with van der Waals surface area (Å²) in [5.41, 5.74) is 2.42. The molecule has 3 rings (SSSR count). The fourth-order valence-electron chi connectivity index (χ4n) is 3.57. The van der Waals surface area contributed by atoms with Crippen molar-refractivity contribution in [3.63, 3.8) is 0 Å². The number of benzene rings is 2. The average Bonchev–Trinajstić information content (AvgIpc) is 3.11. The number of aliphatic hydroxyl groups excluding tert-OH is 1. The number of hydrogen-bond donors (Lipinski definition) is 1. The summed E-state index contributed by atoms with van der Waals surface area (Å²) in [6.07, 6.45) is 8.46. The van der Waals surface area contributed by atoms with E-state index in [2.05, 4.69) is 62.1 Å². The SMILES string of the molecule is C[Si](C)(C)c1cocc1C(O)CCCCCc1ccc2ccccc2c1. The molecule has 1 unspecified atom stereocenters. The molecule has 0 aliphatic heterocycles. The second-order valence-electron chi connectivity index (χ2n) is 8.29. The standard InChI is InChI=1S/C23H30O2Si/c1-26(2,3)23-17-25-16-21(23)22(24)12-6-4-5-9-18-13-14-19-10-7-8-11-20(19)15-18/h7-8,10-11,13-17,22,24H,4-6,9,12H2,1-3H3. The predicted octanol–water partition coefficient (Wildman–Crippen LogP) is 5.81. The van der Waals surface area contributed by atoms with Crippen molar-refractivity contribution in [2.24, 2.45) is 0 Å². The summed E-state index contributed by atoms with van der Waals surface area (Å²) >= 11 is 0. The number of aryl methyl sites for hydroxylation is 1. The van der Waals surface area contributed by atoms with Crippen LogP contribution in [0.5, 0.6) is 0 Å². The summed E-state index contributed by atoms with van der Waals surface area (Å²) in [7, 11) is -1.46. The van der Waals surface area contributed by atoms with Crippen LogP contribution >= 0.6 is 0 Å². The van der Waals surface area contributed by atoms with E-state index in [0.717, 1.165) is 37.7 Å². The lowest BCUT2D eigenvalue weighted by atomic mass is 10.0. The fraction of sp³-hybridized carbons (Fsp3) is 0.391. The summed E-state index contributed by atoms with van der Waals surface area (Å²) in [6, 6.07) is 15.3. The first-order chi connectivity index (χ1) is 12.4. The summed E-state index contributed by atoms with van der Waals surface area (Å²) in [6.45, 7) is 6.87. The van der Waals surface area contributed by atoms with Gasteiger partial charge in [0.05, 0.1) is 26.7 Å². The lowest BCUT2D eigenvalue weighted by Gasteiger charge is -2.19. The van der Waals surface area contributed by atoms with Gasteiger partial charge < -0.3 is 9.52 Å². The van der Waals surface area contributed by atoms with E-state index < -0.39 is 14.2 Å². The molecule has 1 N–H and O–H groups in total. The number of furan rings is 1. The lowest BCUT2D eigenvalue weighted by molar-refractivity contribution is 0.163. The van der Waals surface area contributed by atoms with E-state index in [1.165, 1.54) is 21.5 Å². The Hall–Kier alpha value is -1.84. The van der Waals surface area contributed by atoms with E-state index in [4.69, 9.17) is 4.42 Å². The highest BCUT2D eigenvalue weighted by molar-refractivity contribution is 6.89. The molecule has 0 aliphatic carbocycles. The van der Waals surface area contributed by atoms with Crippen LogP contribution in [0.2, 0.25) is 19.6 Å².